The van der Waals surface area contributed by atoms with E-state index in [4.69, 9.17) is 27.9 Å². The Balaban J connectivity index is 2.11. The summed E-state index contributed by atoms with van der Waals surface area (Å²) in [6, 6.07) is 13.4. The van der Waals surface area contributed by atoms with Gasteiger partial charge in [0.15, 0.2) is 0 Å². The second-order valence-corrected chi connectivity index (χ2v) is 9.10. The van der Waals surface area contributed by atoms with Gasteiger partial charge in [-0.25, -0.2) is 4.79 Å². The zero-order valence-corrected chi connectivity index (χ0v) is 19.3. The Morgan fingerprint density at radius 1 is 0.867 bits per heavy atom. The van der Waals surface area contributed by atoms with Crippen LogP contribution in [0.15, 0.2) is 48.5 Å². The molecule has 6 heteroatoms. The van der Waals surface area contributed by atoms with Crippen LogP contribution in [0.25, 0.3) is 0 Å². The third-order valence-electron chi connectivity index (χ3n) is 4.85. The second-order valence-electron chi connectivity index (χ2n) is 8.23. The Morgan fingerprint density at radius 2 is 1.37 bits per heavy atom. The van der Waals surface area contributed by atoms with Crippen LogP contribution >= 0.6 is 23.2 Å². The van der Waals surface area contributed by atoms with E-state index in [2.05, 4.69) is 19.2 Å². The lowest BCUT2D eigenvalue weighted by Gasteiger charge is -2.31. The van der Waals surface area contributed by atoms with Gasteiger partial charge in [-0.1, -0.05) is 50.9 Å². The molecule has 0 bridgehead atoms. The lowest BCUT2D eigenvalue weighted by Crippen LogP contribution is -2.40. The third kappa shape index (κ3) is 7.33. The zero-order chi connectivity index (χ0) is 22.3. The summed E-state index contributed by atoms with van der Waals surface area (Å²) in [5, 5.41) is 4.14. The molecule has 0 saturated heterocycles. The molecule has 4 nitrogen and oxygen atoms in total. The maximum Gasteiger partial charge on any atom is 0.338 e. The van der Waals surface area contributed by atoms with E-state index in [0.29, 0.717) is 33.6 Å². The quantitative estimate of drug-likeness (QED) is 0.459. The predicted molar refractivity (Wildman–Crippen MR) is 122 cm³/mol. The van der Waals surface area contributed by atoms with Gasteiger partial charge in [0, 0.05) is 28.1 Å². The van der Waals surface area contributed by atoms with Crippen LogP contribution in [0.2, 0.25) is 10.0 Å². The van der Waals surface area contributed by atoms with E-state index in [-0.39, 0.29) is 29.8 Å². The minimum Gasteiger partial charge on any atom is -0.458 e. The van der Waals surface area contributed by atoms with Crippen molar-refractivity contribution in [3.63, 3.8) is 0 Å². The molecule has 2 atom stereocenters. The molecule has 0 radical (unpaired) electrons. The van der Waals surface area contributed by atoms with Gasteiger partial charge in [0.05, 0.1) is 5.56 Å². The molecule has 0 fully saturated rings. The summed E-state index contributed by atoms with van der Waals surface area (Å²) in [5.41, 5.74) is 1.00. The molecule has 0 spiro atoms. The number of rotatable bonds is 9. The van der Waals surface area contributed by atoms with Gasteiger partial charge in [-0.2, -0.15) is 0 Å². The topological polar surface area (TPSA) is 55.4 Å². The summed E-state index contributed by atoms with van der Waals surface area (Å²) in [6.07, 6.45) is 0.485. The molecular weight excluding hydrogens is 421 g/mol. The maximum absolute atomic E-state index is 12.7. The number of nitrogens with one attached hydrogen (secondary N) is 1. The SMILES string of the molecule is CC(C)CC(CNC(=O)c1ccc(Cl)cc1)C(OC(=O)c1ccc(Cl)cc1)C(C)C. The van der Waals surface area contributed by atoms with Gasteiger partial charge in [0.2, 0.25) is 0 Å². The van der Waals surface area contributed by atoms with Crippen LogP contribution in [0.1, 0.15) is 54.8 Å². The van der Waals surface area contributed by atoms with Crippen LogP contribution in [-0.2, 0) is 4.74 Å². The molecule has 30 heavy (non-hydrogen) atoms. The number of esters is 1. The summed E-state index contributed by atoms with van der Waals surface area (Å²) in [4.78, 5) is 25.2. The van der Waals surface area contributed by atoms with Crippen molar-refractivity contribution in [3.8, 4) is 0 Å². The summed E-state index contributed by atoms with van der Waals surface area (Å²) >= 11 is 11.8. The lowest BCUT2D eigenvalue weighted by atomic mass is 9.86. The Bertz CT molecular complexity index is 833. The number of carbonyl (C=O) groups is 2. The van der Waals surface area contributed by atoms with E-state index in [1.54, 1.807) is 48.5 Å². The Morgan fingerprint density at radius 3 is 1.83 bits per heavy atom. The molecule has 2 aromatic rings. The Kier molecular flexibility index (Phi) is 9.19. The van der Waals surface area contributed by atoms with Crippen LogP contribution in [0.3, 0.4) is 0 Å². The van der Waals surface area contributed by atoms with Gasteiger partial charge >= 0.3 is 5.97 Å². The summed E-state index contributed by atoms with van der Waals surface area (Å²) in [6.45, 7) is 8.69. The second kappa shape index (κ2) is 11.4. The van der Waals surface area contributed by atoms with Crippen molar-refractivity contribution in [3.05, 3.63) is 69.7 Å². The Labute approximate surface area is 188 Å². The number of hydrogen-bond acceptors (Lipinski definition) is 3. The molecule has 0 aliphatic heterocycles. The molecule has 0 aliphatic carbocycles. The summed E-state index contributed by atoms with van der Waals surface area (Å²) in [7, 11) is 0. The van der Waals surface area contributed by atoms with Crippen molar-refractivity contribution >= 4 is 35.1 Å². The zero-order valence-electron chi connectivity index (χ0n) is 17.8. The van der Waals surface area contributed by atoms with Crippen molar-refractivity contribution in [2.75, 3.05) is 6.54 Å². The highest BCUT2D eigenvalue weighted by Gasteiger charge is 2.30. The van der Waals surface area contributed by atoms with E-state index < -0.39 is 0 Å². The predicted octanol–water partition coefficient (Wildman–Crippen LogP) is 6.27. The van der Waals surface area contributed by atoms with Crippen molar-refractivity contribution in [1.82, 2.24) is 5.32 Å². The number of carbonyl (C=O) groups excluding carboxylic acids is 2. The first-order chi connectivity index (χ1) is 14.2. The molecule has 0 aliphatic rings. The average molecular weight is 450 g/mol. The molecule has 1 N–H and O–H groups in total. The fourth-order valence-electron chi connectivity index (χ4n) is 3.42. The van der Waals surface area contributed by atoms with Crippen LogP contribution in [0, 0.1) is 17.8 Å². The smallest absolute Gasteiger partial charge is 0.338 e. The van der Waals surface area contributed by atoms with Gasteiger partial charge in [-0.05, 0) is 66.8 Å². The van der Waals surface area contributed by atoms with Crippen molar-refractivity contribution in [1.29, 1.82) is 0 Å². The minimum atomic E-state index is -0.386. The molecule has 0 saturated carbocycles. The minimum absolute atomic E-state index is 0.0162. The number of halogens is 2. The van der Waals surface area contributed by atoms with Crippen LogP contribution in [0.4, 0.5) is 0 Å². The first kappa shape index (κ1) is 24.2. The van der Waals surface area contributed by atoms with E-state index in [0.717, 1.165) is 6.42 Å². The van der Waals surface area contributed by atoms with Crippen LogP contribution in [0.5, 0.6) is 0 Å². The normalized spacial score (nSPS) is 13.2. The molecule has 0 heterocycles. The molecule has 0 aromatic heterocycles. The average Bonchev–Trinajstić information content (AvgIpc) is 2.69. The highest BCUT2D eigenvalue weighted by molar-refractivity contribution is 6.31. The molecule has 162 valence electrons. The van der Waals surface area contributed by atoms with Gasteiger partial charge in [0.1, 0.15) is 6.10 Å². The largest absolute Gasteiger partial charge is 0.458 e. The van der Waals surface area contributed by atoms with Crippen LogP contribution in [-0.4, -0.2) is 24.5 Å². The molecular formula is C24H29Cl2NO3. The first-order valence-corrected chi connectivity index (χ1v) is 10.9. The van der Waals surface area contributed by atoms with Gasteiger partial charge < -0.3 is 10.1 Å². The fraction of sp³-hybridized carbons (Fsp3) is 0.417. The van der Waals surface area contributed by atoms with Crippen molar-refractivity contribution in [2.24, 2.45) is 17.8 Å². The monoisotopic (exact) mass is 449 g/mol. The first-order valence-electron chi connectivity index (χ1n) is 10.2. The molecule has 2 aromatic carbocycles. The van der Waals surface area contributed by atoms with Gasteiger partial charge in [-0.15, -0.1) is 0 Å². The van der Waals surface area contributed by atoms with E-state index in [1.807, 2.05) is 13.8 Å². The molecule has 2 unspecified atom stereocenters. The summed E-state index contributed by atoms with van der Waals surface area (Å²) in [5.74, 6) is -0.0945. The van der Waals surface area contributed by atoms with E-state index in [1.165, 1.54) is 0 Å². The van der Waals surface area contributed by atoms with Gasteiger partial charge in [0.25, 0.3) is 5.91 Å². The lowest BCUT2D eigenvalue weighted by molar-refractivity contribution is -0.00596. The highest BCUT2D eigenvalue weighted by atomic mass is 35.5. The van der Waals surface area contributed by atoms with E-state index >= 15 is 0 Å². The standard InChI is InChI=1S/C24H29Cl2NO3/c1-15(2)13-19(14-27-23(28)17-5-9-20(25)10-6-17)22(16(3)4)30-24(29)18-7-11-21(26)12-8-18/h5-12,15-16,19,22H,13-14H2,1-4H3,(H,27,28). The molecule has 2 rings (SSSR count). The van der Waals surface area contributed by atoms with Crippen molar-refractivity contribution in [2.45, 2.75) is 40.2 Å². The van der Waals surface area contributed by atoms with Crippen molar-refractivity contribution < 1.29 is 14.3 Å². The summed E-state index contributed by atoms with van der Waals surface area (Å²) < 4.78 is 5.90. The number of benzene rings is 2. The number of ether oxygens (including phenoxy) is 1. The van der Waals surface area contributed by atoms with Crippen LogP contribution < -0.4 is 5.32 Å². The number of amides is 1. The maximum atomic E-state index is 12.7. The fourth-order valence-corrected chi connectivity index (χ4v) is 3.67. The Hall–Kier alpha value is -2.04. The van der Waals surface area contributed by atoms with E-state index in [9.17, 15) is 9.59 Å². The highest BCUT2D eigenvalue weighted by Crippen LogP contribution is 2.25. The number of hydrogen-bond donors (Lipinski definition) is 1. The third-order valence-corrected chi connectivity index (χ3v) is 5.35. The molecule has 1 amide bonds. The van der Waals surface area contributed by atoms with Gasteiger partial charge in [-0.3, -0.25) is 4.79 Å².